The molecule has 1 rings (SSSR count). The number of hydrogen-bond donors (Lipinski definition) is 2. The lowest BCUT2D eigenvalue weighted by atomic mass is 10.0. The number of carbonyl (C=O) groups is 1. The van der Waals surface area contributed by atoms with Gasteiger partial charge >= 0.3 is 12.3 Å². The van der Waals surface area contributed by atoms with Crippen LogP contribution in [0.2, 0.25) is 0 Å². The normalized spacial score (nSPS) is 14.1. The fourth-order valence-corrected chi connectivity index (χ4v) is 1.62. The molecule has 0 aromatic carbocycles. The highest BCUT2D eigenvalue weighted by atomic mass is 19.4. The second kappa shape index (κ2) is 5.95. The summed E-state index contributed by atoms with van der Waals surface area (Å²) in [6.45, 7) is 8.62. The van der Waals surface area contributed by atoms with Crippen LogP contribution in [0.1, 0.15) is 52.2 Å². The van der Waals surface area contributed by atoms with Gasteiger partial charge in [0.15, 0.2) is 0 Å². The van der Waals surface area contributed by atoms with E-state index in [9.17, 15) is 18.0 Å². The molecule has 120 valence electrons. The van der Waals surface area contributed by atoms with Gasteiger partial charge in [-0.1, -0.05) is 13.8 Å². The molecule has 0 spiro atoms. The summed E-state index contributed by atoms with van der Waals surface area (Å²) in [7, 11) is 0. The molecule has 0 fully saturated rings. The molecule has 2 N–H and O–H groups in total. The summed E-state index contributed by atoms with van der Waals surface area (Å²) < 4.78 is 42.8. The average molecular weight is 307 g/mol. The van der Waals surface area contributed by atoms with E-state index in [1.807, 2.05) is 0 Å². The van der Waals surface area contributed by atoms with E-state index >= 15 is 0 Å². The maximum Gasteiger partial charge on any atom is 0.432 e. The summed E-state index contributed by atoms with van der Waals surface area (Å²) in [5.41, 5.74) is -1.64. The quantitative estimate of drug-likeness (QED) is 0.895. The second-order valence-corrected chi connectivity index (χ2v) is 6.05. The number of alkyl halides is 3. The van der Waals surface area contributed by atoms with Crippen LogP contribution < -0.4 is 5.32 Å². The van der Waals surface area contributed by atoms with Crippen LogP contribution in [0, 0.1) is 5.92 Å². The first-order valence-electron chi connectivity index (χ1n) is 6.52. The van der Waals surface area contributed by atoms with Gasteiger partial charge in [0, 0.05) is 0 Å². The van der Waals surface area contributed by atoms with Crippen LogP contribution in [0.3, 0.4) is 0 Å². The van der Waals surface area contributed by atoms with Crippen molar-refractivity contribution in [3.8, 4) is 0 Å². The van der Waals surface area contributed by atoms with E-state index in [0.29, 0.717) is 6.20 Å². The molecule has 0 radical (unpaired) electrons. The second-order valence-electron chi connectivity index (χ2n) is 6.05. The maximum atomic E-state index is 12.6. The molecule has 0 aliphatic carbocycles. The van der Waals surface area contributed by atoms with Gasteiger partial charge in [-0.25, -0.2) is 9.78 Å². The van der Waals surface area contributed by atoms with Crippen molar-refractivity contribution >= 4 is 6.09 Å². The lowest BCUT2D eigenvalue weighted by molar-refractivity contribution is -0.141. The van der Waals surface area contributed by atoms with Crippen molar-refractivity contribution in [1.29, 1.82) is 0 Å². The van der Waals surface area contributed by atoms with Gasteiger partial charge in [-0.05, 0) is 26.7 Å². The van der Waals surface area contributed by atoms with E-state index in [2.05, 4.69) is 15.3 Å². The molecule has 0 bridgehead atoms. The number of aromatic amines is 1. The number of nitrogens with one attached hydrogen (secondary N) is 2. The highest BCUT2D eigenvalue weighted by Gasteiger charge is 2.34. The van der Waals surface area contributed by atoms with Crippen molar-refractivity contribution in [3.05, 3.63) is 17.7 Å². The number of imidazole rings is 1. The summed E-state index contributed by atoms with van der Waals surface area (Å²) >= 11 is 0. The maximum absolute atomic E-state index is 12.6. The van der Waals surface area contributed by atoms with Gasteiger partial charge in [-0.3, -0.25) is 0 Å². The Balaban J connectivity index is 2.88. The molecule has 0 aliphatic heterocycles. The van der Waals surface area contributed by atoms with E-state index in [-0.39, 0.29) is 11.7 Å². The Bertz CT molecular complexity index is 490. The summed E-state index contributed by atoms with van der Waals surface area (Å²) in [6, 6.07) is -0.698. The molecule has 1 aromatic rings. The standard InChI is InChI=1S/C13H20F3N3O2/c1-7(2)9(19-11(20)21-12(3,4)5)10-17-6-8(18-10)13(14,15)16/h6-7,9H,1-5H3,(H,17,18)(H,19,20)/t9-/m0/s1. The minimum Gasteiger partial charge on any atom is -0.444 e. The monoisotopic (exact) mass is 307 g/mol. The predicted octanol–water partition coefficient (Wildman–Crippen LogP) is 3.65. The number of aromatic nitrogens is 2. The molecular formula is C13H20F3N3O2. The molecule has 5 nitrogen and oxygen atoms in total. The average Bonchev–Trinajstić information content (AvgIpc) is 2.71. The van der Waals surface area contributed by atoms with E-state index in [1.165, 1.54) is 0 Å². The predicted molar refractivity (Wildman–Crippen MR) is 70.5 cm³/mol. The molecule has 8 heteroatoms. The first-order chi connectivity index (χ1) is 9.40. The Morgan fingerprint density at radius 3 is 2.29 bits per heavy atom. The van der Waals surface area contributed by atoms with Crippen LogP contribution in [0.25, 0.3) is 0 Å². The Labute approximate surface area is 121 Å². The van der Waals surface area contributed by atoms with Gasteiger partial charge in [0.05, 0.1) is 12.2 Å². The van der Waals surface area contributed by atoms with Crippen LogP contribution in [-0.2, 0) is 10.9 Å². The smallest absolute Gasteiger partial charge is 0.432 e. The Morgan fingerprint density at radius 1 is 1.33 bits per heavy atom. The molecule has 0 saturated carbocycles. The third-order valence-corrected chi connectivity index (χ3v) is 2.53. The summed E-state index contributed by atoms with van der Waals surface area (Å²) in [5.74, 6) is -0.118. The van der Waals surface area contributed by atoms with Crippen LogP contribution in [0.4, 0.5) is 18.0 Å². The summed E-state index contributed by atoms with van der Waals surface area (Å²) in [4.78, 5) is 17.7. The Kier molecular flexibility index (Phi) is 4.91. The van der Waals surface area contributed by atoms with Gasteiger partial charge in [-0.15, -0.1) is 0 Å². The van der Waals surface area contributed by atoms with E-state index < -0.39 is 29.6 Å². The van der Waals surface area contributed by atoms with Gasteiger partial charge in [0.25, 0.3) is 0 Å². The molecule has 0 aliphatic rings. The third kappa shape index (κ3) is 5.28. The number of hydrogen-bond acceptors (Lipinski definition) is 3. The number of ether oxygens (including phenoxy) is 1. The topological polar surface area (TPSA) is 67.0 Å². The SMILES string of the molecule is CC(C)[C@H](NC(=O)OC(C)(C)C)c1ncc(C(F)(F)F)[nH]1. The van der Waals surface area contributed by atoms with Crippen LogP contribution in [-0.4, -0.2) is 21.7 Å². The molecule has 1 amide bonds. The number of H-pyrrole nitrogens is 1. The van der Waals surface area contributed by atoms with E-state index in [0.717, 1.165) is 0 Å². The first-order valence-corrected chi connectivity index (χ1v) is 6.52. The van der Waals surface area contributed by atoms with Gasteiger partial charge < -0.3 is 15.0 Å². The number of halogens is 3. The summed E-state index contributed by atoms with van der Waals surface area (Å²) in [6.07, 6.45) is -4.49. The molecule has 1 heterocycles. The number of nitrogens with zero attached hydrogens (tertiary/aromatic N) is 1. The number of carbonyl (C=O) groups excluding carboxylic acids is 1. The van der Waals surface area contributed by atoms with Crippen molar-refractivity contribution in [2.75, 3.05) is 0 Å². The number of amides is 1. The van der Waals surface area contributed by atoms with Crippen molar-refractivity contribution in [3.63, 3.8) is 0 Å². The Morgan fingerprint density at radius 2 is 1.90 bits per heavy atom. The van der Waals surface area contributed by atoms with Gasteiger partial charge in [0.2, 0.25) is 0 Å². The Hall–Kier alpha value is -1.73. The van der Waals surface area contributed by atoms with Crippen LogP contribution in [0.5, 0.6) is 0 Å². The highest BCUT2D eigenvalue weighted by Crippen LogP contribution is 2.29. The van der Waals surface area contributed by atoms with Crippen molar-refractivity contribution in [2.24, 2.45) is 5.92 Å². The van der Waals surface area contributed by atoms with Gasteiger partial charge in [0.1, 0.15) is 17.1 Å². The molecule has 0 saturated heterocycles. The van der Waals surface area contributed by atoms with Crippen LogP contribution in [0.15, 0.2) is 6.20 Å². The van der Waals surface area contributed by atoms with Gasteiger partial charge in [-0.2, -0.15) is 13.2 Å². The minimum absolute atomic E-state index is 0.0446. The largest absolute Gasteiger partial charge is 0.444 e. The molecule has 1 aromatic heterocycles. The van der Waals surface area contributed by atoms with Crippen molar-refractivity contribution < 1.29 is 22.7 Å². The fourth-order valence-electron chi connectivity index (χ4n) is 1.62. The van der Waals surface area contributed by atoms with E-state index in [4.69, 9.17) is 4.74 Å². The van der Waals surface area contributed by atoms with Crippen molar-refractivity contribution in [2.45, 2.75) is 52.4 Å². The summed E-state index contributed by atoms with van der Waals surface area (Å²) in [5, 5.41) is 2.53. The first kappa shape index (κ1) is 17.3. The van der Waals surface area contributed by atoms with Crippen molar-refractivity contribution in [1.82, 2.24) is 15.3 Å². The molecule has 0 unspecified atom stereocenters. The molecular weight excluding hydrogens is 287 g/mol. The minimum atomic E-state index is -4.50. The zero-order chi connectivity index (χ0) is 16.4. The highest BCUT2D eigenvalue weighted by molar-refractivity contribution is 5.68. The van der Waals surface area contributed by atoms with Crippen LogP contribution >= 0.6 is 0 Å². The third-order valence-electron chi connectivity index (χ3n) is 2.53. The molecule has 21 heavy (non-hydrogen) atoms. The number of alkyl carbamates (subject to hydrolysis) is 1. The van der Waals surface area contributed by atoms with E-state index in [1.54, 1.807) is 34.6 Å². The lowest BCUT2D eigenvalue weighted by Crippen LogP contribution is -2.37. The fraction of sp³-hybridized carbons (Fsp3) is 0.692. The molecule has 1 atom stereocenters. The zero-order valence-corrected chi connectivity index (χ0v) is 12.6. The lowest BCUT2D eigenvalue weighted by Gasteiger charge is -2.24. The zero-order valence-electron chi connectivity index (χ0n) is 12.6. The number of rotatable bonds is 3.